The number of nitrogens with zero attached hydrogens (tertiary/aromatic N) is 1. The zero-order chi connectivity index (χ0) is 12.8. The maximum absolute atomic E-state index is 11.6. The molecule has 2 rings (SSSR count). The molecular formula is C14H21N3O. The third kappa shape index (κ3) is 3.45. The Morgan fingerprint density at radius 1 is 1.50 bits per heavy atom. The number of carbonyl (C=O) groups is 1. The Kier molecular flexibility index (Phi) is 4.56. The van der Waals surface area contributed by atoms with Crippen LogP contribution in [0, 0.1) is 5.92 Å². The summed E-state index contributed by atoms with van der Waals surface area (Å²) in [5.41, 5.74) is 1.45. The van der Waals surface area contributed by atoms with Crippen molar-refractivity contribution in [3.8, 4) is 0 Å². The highest BCUT2D eigenvalue weighted by molar-refractivity contribution is 5.93. The fraction of sp³-hybridized carbons (Fsp3) is 0.571. The van der Waals surface area contributed by atoms with Gasteiger partial charge < -0.3 is 10.6 Å². The Balaban J connectivity index is 1.83. The molecule has 98 valence electrons. The van der Waals surface area contributed by atoms with Crippen LogP contribution in [0.3, 0.4) is 0 Å². The minimum absolute atomic E-state index is 0.111. The second kappa shape index (κ2) is 6.38. The maximum atomic E-state index is 11.6. The average Bonchev–Trinajstić information content (AvgIpc) is 2.33. The fourth-order valence-corrected chi connectivity index (χ4v) is 2.12. The number of nitrogens with one attached hydrogen (secondary N) is 2. The summed E-state index contributed by atoms with van der Waals surface area (Å²) in [5.74, 6) is 0.794. The van der Waals surface area contributed by atoms with Gasteiger partial charge in [0.25, 0.3) is 5.91 Å². The molecule has 0 saturated heterocycles. The highest BCUT2D eigenvalue weighted by Crippen LogP contribution is 2.29. The molecule has 1 amide bonds. The molecule has 0 unspecified atom stereocenters. The molecule has 2 N–H and O–H groups in total. The Morgan fingerprint density at radius 2 is 2.33 bits per heavy atom. The van der Waals surface area contributed by atoms with Gasteiger partial charge in [0.2, 0.25) is 0 Å². The summed E-state index contributed by atoms with van der Waals surface area (Å²) in [4.78, 5) is 15.7. The van der Waals surface area contributed by atoms with Gasteiger partial charge in [-0.3, -0.25) is 9.78 Å². The van der Waals surface area contributed by atoms with Crippen molar-refractivity contribution in [3.05, 3.63) is 24.0 Å². The number of anilines is 1. The number of rotatable bonds is 6. The van der Waals surface area contributed by atoms with Crippen LogP contribution in [-0.4, -0.2) is 24.0 Å². The molecule has 0 aliphatic heterocycles. The molecule has 0 radical (unpaired) electrons. The summed E-state index contributed by atoms with van der Waals surface area (Å²) in [6, 6.07) is 3.72. The van der Waals surface area contributed by atoms with Gasteiger partial charge in [-0.1, -0.05) is 19.3 Å². The zero-order valence-corrected chi connectivity index (χ0v) is 10.9. The first kappa shape index (κ1) is 12.9. The van der Waals surface area contributed by atoms with Crippen LogP contribution in [0.4, 0.5) is 5.69 Å². The molecule has 0 spiro atoms. The summed E-state index contributed by atoms with van der Waals surface area (Å²) >= 11 is 0. The molecule has 18 heavy (non-hydrogen) atoms. The second-order valence-electron chi connectivity index (χ2n) is 4.80. The minimum atomic E-state index is -0.111. The van der Waals surface area contributed by atoms with Gasteiger partial charge >= 0.3 is 0 Å². The smallest absolute Gasteiger partial charge is 0.269 e. The van der Waals surface area contributed by atoms with E-state index < -0.39 is 0 Å². The molecular weight excluding hydrogens is 226 g/mol. The first-order valence-electron chi connectivity index (χ1n) is 6.77. The molecule has 4 heteroatoms. The van der Waals surface area contributed by atoms with Gasteiger partial charge in [-0.05, 0) is 31.4 Å². The van der Waals surface area contributed by atoms with E-state index in [-0.39, 0.29) is 5.91 Å². The van der Waals surface area contributed by atoms with E-state index in [1.807, 2.05) is 19.1 Å². The van der Waals surface area contributed by atoms with E-state index in [2.05, 4.69) is 15.6 Å². The van der Waals surface area contributed by atoms with E-state index in [0.29, 0.717) is 12.2 Å². The third-order valence-corrected chi connectivity index (χ3v) is 3.44. The molecule has 4 nitrogen and oxygen atoms in total. The number of hydrogen-bond donors (Lipinski definition) is 2. The summed E-state index contributed by atoms with van der Waals surface area (Å²) in [6.07, 6.45) is 7.04. The molecule has 1 heterocycles. The van der Waals surface area contributed by atoms with Gasteiger partial charge in [-0.2, -0.15) is 0 Å². The zero-order valence-electron chi connectivity index (χ0n) is 10.9. The van der Waals surface area contributed by atoms with Gasteiger partial charge in [-0.15, -0.1) is 0 Å². The van der Waals surface area contributed by atoms with Crippen molar-refractivity contribution in [2.24, 2.45) is 5.92 Å². The standard InChI is InChI=1S/C14H21N3O/c1-2-15-14(18)13-10-12(7-9-17-13)16-8-6-11-4-3-5-11/h7,9-11H,2-6,8H2,1H3,(H,15,18)(H,16,17). The van der Waals surface area contributed by atoms with E-state index in [0.717, 1.165) is 18.2 Å². The van der Waals surface area contributed by atoms with Gasteiger partial charge in [0.15, 0.2) is 0 Å². The number of aromatic nitrogens is 1. The Hall–Kier alpha value is -1.58. The highest BCUT2D eigenvalue weighted by Gasteiger charge is 2.16. The number of carbonyl (C=O) groups excluding carboxylic acids is 1. The van der Waals surface area contributed by atoms with Crippen LogP contribution >= 0.6 is 0 Å². The fourth-order valence-electron chi connectivity index (χ4n) is 2.12. The summed E-state index contributed by atoms with van der Waals surface area (Å²) < 4.78 is 0. The minimum Gasteiger partial charge on any atom is -0.385 e. The predicted molar refractivity (Wildman–Crippen MR) is 72.7 cm³/mol. The molecule has 0 bridgehead atoms. The van der Waals surface area contributed by atoms with Crippen LogP contribution in [0.5, 0.6) is 0 Å². The first-order valence-corrected chi connectivity index (χ1v) is 6.77. The van der Waals surface area contributed by atoms with Crippen molar-refractivity contribution in [2.45, 2.75) is 32.6 Å². The molecule has 1 aromatic heterocycles. The maximum Gasteiger partial charge on any atom is 0.269 e. The molecule has 1 aromatic rings. The number of amides is 1. The molecule has 1 saturated carbocycles. The molecule has 0 aromatic carbocycles. The number of pyridine rings is 1. The van der Waals surface area contributed by atoms with E-state index in [4.69, 9.17) is 0 Å². The first-order chi connectivity index (χ1) is 8.79. The highest BCUT2D eigenvalue weighted by atomic mass is 16.1. The summed E-state index contributed by atoms with van der Waals surface area (Å²) in [6.45, 7) is 3.50. The van der Waals surface area contributed by atoms with Gasteiger partial charge in [0, 0.05) is 25.0 Å². The largest absolute Gasteiger partial charge is 0.385 e. The third-order valence-electron chi connectivity index (χ3n) is 3.44. The number of hydrogen-bond acceptors (Lipinski definition) is 3. The average molecular weight is 247 g/mol. The molecule has 0 atom stereocenters. The van der Waals surface area contributed by atoms with Crippen LogP contribution in [0.15, 0.2) is 18.3 Å². The van der Waals surface area contributed by atoms with E-state index in [1.165, 1.54) is 25.7 Å². The molecule has 1 fully saturated rings. The molecule has 1 aliphatic carbocycles. The second-order valence-corrected chi connectivity index (χ2v) is 4.80. The normalized spacial score (nSPS) is 14.9. The van der Waals surface area contributed by atoms with Crippen LogP contribution in [0.25, 0.3) is 0 Å². The van der Waals surface area contributed by atoms with Crippen molar-refractivity contribution < 1.29 is 4.79 Å². The van der Waals surface area contributed by atoms with Crippen molar-refractivity contribution in [1.82, 2.24) is 10.3 Å². The molecule has 1 aliphatic rings. The van der Waals surface area contributed by atoms with Crippen molar-refractivity contribution in [3.63, 3.8) is 0 Å². The Morgan fingerprint density at radius 3 is 3.00 bits per heavy atom. The van der Waals surface area contributed by atoms with Crippen molar-refractivity contribution in [1.29, 1.82) is 0 Å². The van der Waals surface area contributed by atoms with E-state index >= 15 is 0 Å². The van der Waals surface area contributed by atoms with Crippen LogP contribution in [0.1, 0.15) is 43.1 Å². The van der Waals surface area contributed by atoms with Crippen LogP contribution in [0.2, 0.25) is 0 Å². The van der Waals surface area contributed by atoms with Gasteiger partial charge in [0.05, 0.1) is 0 Å². The Bertz CT molecular complexity index is 402. The van der Waals surface area contributed by atoms with Crippen molar-refractivity contribution >= 4 is 11.6 Å². The lowest BCUT2D eigenvalue weighted by Gasteiger charge is -2.25. The van der Waals surface area contributed by atoms with E-state index in [9.17, 15) is 4.79 Å². The SMILES string of the molecule is CCNC(=O)c1cc(NCCC2CCC2)ccn1. The monoisotopic (exact) mass is 247 g/mol. The lowest BCUT2D eigenvalue weighted by molar-refractivity contribution is 0.0951. The van der Waals surface area contributed by atoms with E-state index in [1.54, 1.807) is 6.20 Å². The quantitative estimate of drug-likeness (QED) is 0.811. The summed E-state index contributed by atoms with van der Waals surface area (Å²) in [5, 5.41) is 6.11. The summed E-state index contributed by atoms with van der Waals surface area (Å²) in [7, 11) is 0. The Labute approximate surface area is 108 Å². The van der Waals surface area contributed by atoms with Crippen molar-refractivity contribution in [2.75, 3.05) is 18.4 Å². The lowest BCUT2D eigenvalue weighted by atomic mass is 9.83. The van der Waals surface area contributed by atoms with Gasteiger partial charge in [0.1, 0.15) is 5.69 Å². The van der Waals surface area contributed by atoms with Gasteiger partial charge in [-0.25, -0.2) is 0 Å². The predicted octanol–water partition coefficient (Wildman–Crippen LogP) is 2.43. The lowest BCUT2D eigenvalue weighted by Crippen LogP contribution is -2.23. The topological polar surface area (TPSA) is 54.0 Å². The van der Waals surface area contributed by atoms with Crippen LogP contribution < -0.4 is 10.6 Å². The van der Waals surface area contributed by atoms with Crippen LogP contribution in [-0.2, 0) is 0 Å².